The highest BCUT2D eigenvalue weighted by molar-refractivity contribution is 6.24. The number of halogens is 3. The number of hydrogen-bond donors (Lipinski definition) is 3. The van der Waals surface area contributed by atoms with Crippen LogP contribution in [0.4, 0.5) is 35.3 Å². The van der Waals surface area contributed by atoms with Crippen LogP contribution < -0.4 is 35.1 Å². The molecular formula is C40H35F3N6O7. The first-order valence-corrected chi connectivity index (χ1v) is 17.1. The average Bonchev–Trinajstić information content (AvgIpc) is 3.46. The van der Waals surface area contributed by atoms with E-state index in [2.05, 4.69) is 30.7 Å². The molecule has 2 atom stereocenters. The number of nitrogens with one attached hydrogen (secondary N) is 3. The van der Waals surface area contributed by atoms with Gasteiger partial charge in [-0.3, -0.25) is 14.4 Å². The Labute approximate surface area is 318 Å². The molecule has 2 unspecified atom stereocenters. The van der Waals surface area contributed by atoms with Crippen molar-refractivity contribution in [2.24, 2.45) is 0 Å². The number of urea groups is 1. The molecule has 3 aromatic carbocycles. The monoisotopic (exact) mass is 768 g/mol. The Bertz CT molecular complexity index is 2140. The zero-order valence-corrected chi connectivity index (χ0v) is 30.4. The van der Waals surface area contributed by atoms with E-state index >= 15 is 0 Å². The van der Waals surface area contributed by atoms with Crippen LogP contribution in [0.5, 0.6) is 17.2 Å². The summed E-state index contributed by atoms with van der Waals surface area (Å²) in [5, 5.41) is 8.41. The molecule has 13 nitrogen and oxygen atoms in total. The van der Waals surface area contributed by atoms with Crippen LogP contribution in [-0.4, -0.2) is 59.8 Å². The summed E-state index contributed by atoms with van der Waals surface area (Å²) in [5.74, 6) is -2.34. The minimum absolute atomic E-state index is 0.00681. The van der Waals surface area contributed by atoms with Gasteiger partial charge in [-0.25, -0.2) is 19.7 Å². The number of amides is 5. The molecule has 6 rings (SSSR count). The number of hydrogen-bond acceptors (Lipinski definition) is 9. The summed E-state index contributed by atoms with van der Waals surface area (Å²) in [7, 11) is 3.02. The quantitative estimate of drug-likeness (QED) is 0.111. The summed E-state index contributed by atoms with van der Waals surface area (Å²) in [4.78, 5) is 64.3. The highest BCUT2D eigenvalue weighted by Gasteiger charge is 2.58. The number of ether oxygens (including phenoxy) is 3. The van der Waals surface area contributed by atoms with E-state index in [1.165, 1.54) is 38.7 Å². The molecule has 3 N–H and O–H groups in total. The first-order chi connectivity index (χ1) is 26.7. The molecule has 1 aliphatic rings. The van der Waals surface area contributed by atoms with E-state index in [0.29, 0.717) is 33.8 Å². The molecule has 1 saturated heterocycles. The van der Waals surface area contributed by atoms with Crippen LogP contribution in [0.15, 0.2) is 109 Å². The Kier molecular flexibility index (Phi) is 10.9. The van der Waals surface area contributed by atoms with Crippen LogP contribution >= 0.6 is 0 Å². The minimum atomic E-state index is -4.95. The highest BCUT2D eigenvalue weighted by atomic mass is 19.4. The fraction of sp³-hybridized carbons (Fsp3) is 0.200. The lowest BCUT2D eigenvalue weighted by Gasteiger charge is -2.39. The van der Waals surface area contributed by atoms with Gasteiger partial charge < -0.3 is 30.2 Å². The van der Waals surface area contributed by atoms with Gasteiger partial charge in [0.1, 0.15) is 34.4 Å². The third-order valence-corrected chi connectivity index (χ3v) is 9.52. The molecular weight excluding hydrogens is 733 g/mol. The number of anilines is 3. The molecule has 5 aromatic rings. The van der Waals surface area contributed by atoms with Crippen LogP contribution in [0, 0.1) is 0 Å². The number of nitrogens with zero attached hydrogens (tertiary/aromatic N) is 3. The van der Waals surface area contributed by atoms with E-state index < -0.39 is 53.2 Å². The molecule has 0 saturated carbocycles. The predicted octanol–water partition coefficient (Wildman–Crippen LogP) is 7.30. The van der Waals surface area contributed by atoms with Gasteiger partial charge in [0, 0.05) is 35.4 Å². The molecule has 1 fully saturated rings. The lowest BCUT2D eigenvalue weighted by Crippen LogP contribution is -2.55. The molecule has 0 aliphatic carbocycles. The minimum Gasteiger partial charge on any atom is -0.497 e. The van der Waals surface area contributed by atoms with Crippen molar-refractivity contribution in [3.8, 4) is 17.2 Å². The number of alkyl halides is 3. The zero-order chi connectivity index (χ0) is 40.2. The second-order valence-corrected chi connectivity index (χ2v) is 12.7. The Morgan fingerprint density at radius 2 is 1.12 bits per heavy atom. The first kappa shape index (κ1) is 38.7. The molecule has 288 valence electrons. The number of methoxy groups -OCH3 is 2. The summed E-state index contributed by atoms with van der Waals surface area (Å²) in [5.41, 5.74) is -0.0666. The second kappa shape index (κ2) is 15.8. The van der Waals surface area contributed by atoms with Gasteiger partial charge in [0.25, 0.3) is 17.7 Å². The number of aromatic nitrogens is 2. The van der Waals surface area contributed by atoms with Crippen molar-refractivity contribution in [2.75, 3.05) is 29.8 Å². The standard InChI is InChI=1S/C40H35F3N6O7/c1-23(27-17-19-44-33(21-27)46-35(50)25-5-11-30(54-3)12-6-25)39(37(52)49(38(53)48-39)29-9-15-32(16-10-29)56-40(41,42)43)24(2)28-18-20-45-34(22-28)47-36(51)26-7-13-31(55-4)14-8-26/h5-24H,1-4H3,(H,48,53)(H,44,46,50)(H,45,47,51). The number of benzene rings is 3. The molecule has 0 radical (unpaired) electrons. The largest absolute Gasteiger partial charge is 0.573 e. The smallest absolute Gasteiger partial charge is 0.497 e. The van der Waals surface area contributed by atoms with E-state index in [0.717, 1.165) is 17.0 Å². The lowest BCUT2D eigenvalue weighted by atomic mass is 9.70. The average molecular weight is 769 g/mol. The van der Waals surface area contributed by atoms with Crippen LogP contribution in [0.1, 0.15) is 57.5 Å². The third kappa shape index (κ3) is 8.08. The van der Waals surface area contributed by atoms with Crippen molar-refractivity contribution in [3.05, 3.63) is 132 Å². The van der Waals surface area contributed by atoms with Crippen molar-refractivity contribution in [3.63, 3.8) is 0 Å². The fourth-order valence-corrected chi connectivity index (χ4v) is 6.51. The van der Waals surface area contributed by atoms with Crippen molar-refractivity contribution < 1.29 is 46.6 Å². The van der Waals surface area contributed by atoms with Gasteiger partial charge in [-0.05, 0) is 108 Å². The normalized spacial score (nSPS) is 16.4. The van der Waals surface area contributed by atoms with Gasteiger partial charge in [0.2, 0.25) is 0 Å². The van der Waals surface area contributed by atoms with Crippen molar-refractivity contribution in [1.29, 1.82) is 0 Å². The van der Waals surface area contributed by atoms with Crippen LogP contribution in [-0.2, 0) is 4.79 Å². The number of pyridine rings is 2. The van der Waals surface area contributed by atoms with E-state index in [9.17, 15) is 32.3 Å². The SMILES string of the molecule is COc1ccc(C(=O)Nc2cc(C(C)C3(C(C)c4ccnc(NC(=O)c5ccc(OC)cc5)c4)NC(=O)N(c4ccc(OC(F)(F)F)cc4)C3=O)ccn2)cc1. The molecule has 0 spiro atoms. The van der Waals surface area contributed by atoms with Crippen molar-refractivity contribution >= 4 is 41.1 Å². The fourth-order valence-electron chi connectivity index (χ4n) is 6.51. The Hall–Kier alpha value is -6.97. The maximum atomic E-state index is 14.8. The van der Waals surface area contributed by atoms with Gasteiger partial charge in [-0.2, -0.15) is 0 Å². The second-order valence-electron chi connectivity index (χ2n) is 12.7. The summed E-state index contributed by atoms with van der Waals surface area (Å²) >= 11 is 0. The van der Waals surface area contributed by atoms with Gasteiger partial charge >= 0.3 is 12.4 Å². The predicted molar refractivity (Wildman–Crippen MR) is 199 cm³/mol. The summed E-state index contributed by atoms with van der Waals surface area (Å²) in [6, 6.07) is 22.8. The molecule has 1 aliphatic heterocycles. The van der Waals surface area contributed by atoms with E-state index in [1.54, 1.807) is 86.6 Å². The number of carbonyl (C=O) groups is 4. The maximum Gasteiger partial charge on any atom is 0.573 e. The number of carbonyl (C=O) groups excluding carboxylic acids is 4. The van der Waals surface area contributed by atoms with Crippen LogP contribution in [0.2, 0.25) is 0 Å². The van der Waals surface area contributed by atoms with Gasteiger partial charge in [-0.15, -0.1) is 13.2 Å². The summed E-state index contributed by atoms with van der Waals surface area (Å²) in [6.45, 7) is 3.44. The Balaban J connectivity index is 1.35. The van der Waals surface area contributed by atoms with Gasteiger partial charge in [0.15, 0.2) is 0 Å². The van der Waals surface area contributed by atoms with E-state index in [-0.39, 0.29) is 17.3 Å². The van der Waals surface area contributed by atoms with Gasteiger partial charge in [0.05, 0.1) is 19.9 Å². The Morgan fingerprint density at radius 1 is 0.696 bits per heavy atom. The zero-order valence-electron chi connectivity index (χ0n) is 30.4. The third-order valence-electron chi connectivity index (χ3n) is 9.52. The van der Waals surface area contributed by atoms with Crippen molar-refractivity contribution in [2.45, 2.75) is 37.6 Å². The molecule has 16 heteroatoms. The van der Waals surface area contributed by atoms with E-state index in [1.807, 2.05) is 0 Å². The first-order valence-electron chi connectivity index (χ1n) is 17.1. The lowest BCUT2D eigenvalue weighted by molar-refractivity contribution is -0.274. The van der Waals surface area contributed by atoms with Crippen LogP contribution in [0.3, 0.4) is 0 Å². The number of rotatable bonds is 12. The van der Waals surface area contributed by atoms with Gasteiger partial charge in [-0.1, -0.05) is 13.8 Å². The molecule has 0 bridgehead atoms. The Morgan fingerprint density at radius 3 is 1.54 bits per heavy atom. The summed E-state index contributed by atoms with van der Waals surface area (Å²) in [6.07, 6.45) is -2.05. The maximum absolute atomic E-state index is 14.8. The topological polar surface area (TPSA) is 161 Å². The molecule has 56 heavy (non-hydrogen) atoms. The van der Waals surface area contributed by atoms with E-state index in [4.69, 9.17) is 9.47 Å². The highest BCUT2D eigenvalue weighted by Crippen LogP contribution is 2.45. The number of imide groups is 1. The van der Waals surface area contributed by atoms with Crippen molar-refractivity contribution in [1.82, 2.24) is 15.3 Å². The molecule has 3 heterocycles. The molecule has 2 aromatic heterocycles. The summed E-state index contributed by atoms with van der Waals surface area (Å²) < 4.78 is 52.9. The van der Waals surface area contributed by atoms with Crippen LogP contribution in [0.25, 0.3) is 0 Å². The molecule has 5 amide bonds.